The number of amides is 3. The van der Waals surface area contributed by atoms with Crippen molar-refractivity contribution in [1.29, 1.82) is 0 Å². The molecule has 1 aliphatic heterocycles. The van der Waals surface area contributed by atoms with Gasteiger partial charge >= 0.3 is 6.09 Å². The Balaban J connectivity index is 1.74. The first-order chi connectivity index (χ1) is 14.5. The number of alkyl carbamates (subject to hydrolysis) is 1. The molecule has 1 N–H and O–H groups in total. The lowest BCUT2D eigenvalue weighted by molar-refractivity contribution is 0.0499. The molecule has 1 heterocycles. The predicted octanol–water partition coefficient (Wildman–Crippen LogP) is 4.43. The Morgan fingerprint density at radius 2 is 1.65 bits per heavy atom. The van der Waals surface area contributed by atoms with Crippen LogP contribution in [0.15, 0.2) is 42.5 Å². The third-order valence-corrected chi connectivity index (χ3v) is 5.26. The number of hydrogen-bond acceptors (Lipinski definition) is 4. The molecule has 0 fully saturated rings. The van der Waals surface area contributed by atoms with Crippen molar-refractivity contribution >= 4 is 17.9 Å². The molecule has 164 valence electrons. The van der Waals surface area contributed by atoms with Gasteiger partial charge in [-0.15, -0.1) is 0 Å². The number of rotatable bonds is 6. The van der Waals surface area contributed by atoms with Gasteiger partial charge in [0.1, 0.15) is 5.60 Å². The Morgan fingerprint density at radius 3 is 2.19 bits per heavy atom. The summed E-state index contributed by atoms with van der Waals surface area (Å²) in [6.07, 6.45) is 0.497. The van der Waals surface area contributed by atoms with Crippen molar-refractivity contribution in [3.63, 3.8) is 0 Å². The largest absolute Gasteiger partial charge is 0.444 e. The maximum Gasteiger partial charge on any atom is 0.407 e. The van der Waals surface area contributed by atoms with Gasteiger partial charge in [-0.2, -0.15) is 0 Å². The van der Waals surface area contributed by atoms with Crippen molar-refractivity contribution in [3.8, 4) is 0 Å². The molecule has 0 unspecified atom stereocenters. The topological polar surface area (TPSA) is 75.7 Å². The summed E-state index contributed by atoms with van der Waals surface area (Å²) in [5.41, 5.74) is 3.66. The van der Waals surface area contributed by atoms with E-state index in [4.69, 9.17) is 4.74 Å². The van der Waals surface area contributed by atoms with Crippen LogP contribution in [-0.4, -0.2) is 41.0 Å². The quantitative estimate of drug-likeness (QED) is 0.699. The molecule has 0 radical (unpaired) electrons. The van der Waals surface area contributed by atoms with Crippen molar-refractivity contribution in [3.05, 3.63) is 70.3 Å². The standard InChI is InChI=1S/C25H30N2O4/c1-16-10-11-18(17(2)14-16)15-19(26-24(30)31-25(3,4)5)12-13-27-22(28)20-8-6-7-9-21(20)23(27)29/h6-11,14,19H,12-13,15H2,1-5H3,(H,26,30)/t19-/m0/s1. The number of benzene rings is 2. The Labute approximate surface area is 183 Å². The number of hydrogen-bond donors (Lipinski definition) is 1. The lowest BCUT2D eigenvalue weighted by Crippen LogP contribution is -2.43. The van der Waals surface area contributed by atoms with Gasteiger partial charge < -0.3 is 10.1 Å². The summed E-state index contributed by atoms with van der Waals surface area (Å²) in [4.78, 5) is 39.0. The van der Waals surface area contributed by atoms with E-state index in [2.05, 4.69) is 17.4 Å². The minimum Gasteiger partial charge on any atom is -0.444 e. The fourth-order valence-corrected chi connectivity index (χ4v) is 3.77. The smallest absolute Gasteiger partial charge is 0.407 e. The molecular formula is C25H30N2O4. The van der Waals surface area contributed by atoms with E-state index in [1.807, 2.05) is 40.7 Å². The maximum absolute atomic E-state index is 12.7. The minimum absolute atomic E-state index is 0.220. The first-order valence-electron chi connectivity index (χ1n) is 10.6. The van der Waals surface area contributed by atoms with E-state index < -0.39 is 11.7 Å². The summed E-state index contributed by atoms with van der Waals surface area (Å²) in [7, 11) is 0. The van der Waals surface area contributed by atoms with Crippen LogP contribution in [-0.2, 0) is 11.2 Å². The van der Waals surface area contributed by atoms with Gasteiger partial charge in [0.05, 0.1) is 11.1 Å². The number of nitrogens with zero attached hydrogens (tertiary/aromatic N) is 1. The fraction of sp³-hybridized carbons (Fsp3) is 0.400. The van der Waals surface area contributed by atoms with Gasteiger partial charge in [-0.1, -0.05) is 35.9 Å². The summed E-state index contributed by atoms with van der Waals surface area (Å²) >= 11 is 0. The molecule has 6 nitrogen and oxygen atoms in total. The van der Waals surface area contributed by atoms with Crippen LogP contribution in [0.2, 0.25) is 0 Å². The molecule has 1 aliphatic rings. The molecule has 31 heavy (non-hydrogen) atoms. The van der Waals surface area contributed by atoms with Gasteiger partial charge in [0.25, 0.3) is 11.8 Å². The molecule has 0 saturated heterocycles. The Kier molecular flexibility index (Phi) is 6.48. The third-order valence-electron chi connectivity index (χ3n) is 5.26. The molecule has 1 atom stereocenters. The molecule has 3 rings (SSSR count). The molecule has 0 saturated carbocycles. The van der Waals surface area contributed by atoms with Crippen LogP contribution in [0.3, 0.4) is 0 Å². The van der Waals surface area contributed by atoms with E-state index in [-0.39, 0.29) is 24.4 Å². The molecule has 0 spiro atoms. The molecule has 0 aliphatic carbocycles. The highest BCUT2D eigenvalue weighted by atomic mass is 16.6. The van der Waals surface area contributed by atoms with Gasteiger partial charge in [-0.3, -0.25) is 14.5 Å². The normalized spacial score (nSPS) is 14.4. The Bertz CT molecular complexity index is 972. The maximum atomic E-state index is 12.7. The predicted molar refractivity (Wildman–Crippen MR) is 119 cm³/mol. The molecule has 0 bridgehead atoms. The van der Waals surface area contributed by atoms with Crippen LogP contribution in [0, 0.1) is 13.8 Å². The summed E-state index contributed by atoms with van der Waals surface area (Å²) < 4.78 is 5.42. The van der Waals surface area contributed by atoms with Crippen LogP contribution < -0.4 is 5.32 Å². The first kappa shape index (κ1) is 22.5. The number of fused-ring (bicyclic) bond motifs is 1. The van der Waals surface area contributed by atoms with E-state index >= 15 is 0 Å². The summed E-state index contributed by atoms with van der Waals surface area (Å²) in [6, 6.07) is 12.7. The van der Waals surface area contributed by atoms with Crippen molar-refractivity contribution < 1.29 is 19.1 Å². The highest BCUT2D eigenvalue weighted by molar-refractivity contribution is 6.21. The lowest BCUT2D eigenvalue weighted by Gasteiger charge is -2.25. The van der Waals surface area contributed by atoms with E-state index in [1.54, 1.807) is 24.3 Å². The second kappa shape index (κ2) is 8.92. The summed E-state index contributed by atoms with van der Waals surface area (Å²) in [6.45, 7) is 9.73. The number of nitrogens with one attached hydrogen (secondary N) is 1. The third kappa shape index (κ3) is 5.51. The SMILES string of the molecule is Cc1ccc(C[C@H](CCN2C(=O)c3ccccc3C2=O)NC(=O)OC(C)(C)C)c(C)c1. The second-order valence-electron chi connectivity index (χ2n) is 9.07. The van der Waals surface area contributed by atoms with Crippen LogP contribution in [0.4, 0.5) is 4.79 Å². The van der Waals surface area contributed by atoms with Gasteiger partial charge in [0.2, 0.25) is 0 Å². The van der Waals surface area contributed by atoms with E-state index in [9.17, 15) is 14.4 Å². The van der Waals surface area contributed by atoms with Crippen LogP contribution in [0.25, 0.3) is 0 Å². The van der Waals surface area contributed by atoms with E-state index in [0.29, 0.717) is 24.0 Å². The molecule has 6 heteroatoms. The number of aryl methyl sites for hydroxylation is 2. The number of imide groups is 1. The monoisotopic (exact) mass is 422 g/mol. The van der Waals surface area contributed by atoms with Crippen molar-refractivity contribution in [2.75, 3.05) is 6.54 Å². The van der Waals surface area contributed by atoms with Crippen LogP contribution >= 0.6 is 0 Å². The highest BCUT2D eigenvalue weighted by Crippen LogP contribution is 2.23. The number of carbonyl (C=O) groups excluding carboxylic acids is 3. The Morgan fingerprint density at radius 1 is 1.03 bits per heavy atom. The summed E-state index contributed by atoms with van der Waals surface area (Å²) in [5.74, 6) is -0.578. The zero-order valence-corrected chi connectivity index (χ0v) is 18.8. The molecule has 0 aromatic heterocycles. The van der Waals surface area contributed by atoms with E-state index in [0.717, 1.165) is 11.1 Å². The van der Waals surface area contributed by atoms with Gasteiger partial charge in [-0.05, 0) is 70.7 Å². The molecule has 2 aromatic carbocycles. The van der Waals surface area contributed by atoms with Crippen LogP contribution in [0.1, 0.15) is 64.6 Å². The zero-order valence-electron chi connectivity index (χ0n) is 18.8. The molecule has 2 aromatic rings. The van der Waals surface area contributed by atoms with Crippen molar-refractivity contribution in [1.82, 2.24) is 10.2 Å². The number of carbonyl (C=O) groups is 3. The zero-order chi connectivity index (χ0) is 22.8. The van der Waals surface area contributed by atoms with Gasteiger partial charge in [-0.25, -0.2) is 4.79 Å². The highest BCUT2D eigenvalue weighted by Gasteiger charge is 2.35. The van der Waals surface area contributed by atoms with Gasteiger partial charge in [0, 0.05) is 12.6 Å². The number of ether oxygens (including phenoxy) is 1. The lowest BCUT2D eigenvalue weighted by atomic mass is 9.97. The van der Waals surface area contributed by atoms with Crippen LogP contribution in [0.5, 0.6) is 0 Å². The van der Waals surface area contributed by atoms with Crippen molar-refractivity contribution in [2.45, 2.75) is 59.1 Å². The van der Waals surface area contributed by atoms with Gasteiger partial charge in [0.15, 0.2) is 0 Å². The second-order valence-corrected chi connectivity index (χ2v) is 9.07. The van der Waals surface area contributed by atoms with E-state index in [1.165, 1.54) is 10.5 Å². The fourth-order valence-electron chi connectivity index (χ4n) is 3.77. The average molecular weight is 423 g/mol. The summed E-state index contributed by atoms with van der Waals surface area (Å²) in [5, 5.41) is 2.93. The minimum atomic E-state index is -0.614. The van der Waals surface area contributed by atoms with Crippen molar-refractivity contribution in [2.24, 2.45) is 0 Å². The Hall–Kier alpha value is -3.15. The molecular weight excluding hydrogens is 392 g/mol. The average Bonchev–Trinajstić information content (AvgIpc) is 2.91. The first-order valence-corrected chi connectivity index (χ1v) is 10.6. The molecule has 3 amide bonds.